The molecule has 0 atom stereocenters. The molecule has 0 aliphatic rings. The Morgan fingerprint density at radius 1 is 1.06 bits per heavy atom. The Morgan fingerprint density at radius 2 is 1.82 bits per heavy atom. The summed E-state index contributed by atoms with van der Waals surface area (Å²) in [5.74, 6) is 0. The number of para-hydroxylation sites is 2. The Balaban J connectivity index is 2.12. The van der Waals surface area contributed by atoms with E-state index < -0.39 is 0 Å². The minimum Gasteiger partial charge on any atom is -0.397 e. The molecule has 0 aliphatic heterocycles. The van der Waals surface area contributed by atoms with Gasteiger partial charge in [0.15, 0.2) is 0 Å². The summed E-state index contributed by atoms with van der Waals surface area (Å²) < 4.78 is 0. The molecule has 0 aromatic heterocycles. The molecule has 0 spiro atoms. The van der Waals surface area contributed by atoms with Crippen molar-refractivity contribution in [2.24, 2.45) is 0 Å². The quantitative estimate of drug-likeness (QED) is 0.786. The number of rotatable bonds is 3. The van der Waals surface area contributed by atoms with Gasteiger partial charge in [0.2, 0.25) is 0 Å². The molecule has 0 heterocycles. The lowest BCUT2D eigenvalue weighted by Crippen LogP contribution is -2.03. The van der Waals surface area contributed by atoms with E-state index in [-0.39, 0.29) is 0 Å². The second kappa shape index (κ2) is 4.91. The molecule has 2 heteroatoms. The van der Waals surface area contributed by atoms with Crippen LogP contribution in [0.4, 0.5) is 11.4 Å². The van der Waals surface area contributed by atoms with Crippen LogP contribution < -0.4 is 11.1 Å². The molecule has 2 aromatic carbocycles. The van der Waals surface area contributed by atoms with Gasteiger partial charge in [0.05, 0.1) is 11.4 Å². The first kappa shape index (κ1) is 11.5. The van der Waals surface area contributed by atoms with Gasteiger partial charge in [-0.1, -0.05) is 35.9 Å². The fourth-order valence-electron chi connectivity index (χ4n) is 1.84. The van der Waals surface area contributed by atoms with Crippen LogP contribution in [-0.4, -0.2) is 0 Å². The van der Waals surface area contributed by atoms with Gasteiger partial charge in [0.1, 0.15) is 0 Å². The molecular formula is C15H18N2. The third kappa shape index (κ3) is 2.78. The van der Waals surface area contributed by atoms with Crippen LogP contribution in [0.5, 0.6) is 0 Å². The second-order valence-electron chi connectivity index (χ2n) is 4.37. The maximum atomic E-state index is 5.89. The molecule has 0 saturated carbocycles. The summed E-state index contributed by atoms with van der Waals surface area (Å²) in [7, 11) is 0. The second-order valence-corrected chi connectivity index (χ2v) is 4.37. The highest BCUT2D eigenvalue weighted by molar-refractivity contribution is 5.65. The highest BCUT2D eigenvalue weighted by Crippen LogP contribution is 2.19. The first-order valence-corrected chi connectivity index (χ1v) is 5.81. The normalized spacial score (nSPS) is 10.2. The summed E-state index contributed by atoms with van der Waals surface area (Å²) >= 11 is 0. The van der Waals surface area contributed by atoms with E-state index in [0.717, 1.165) is 17.9 Å². The molecule has 3 N–H and O–H groups in total. The summed E-state index contributed by atoms with van der Waals surface area (Å²) in [6, 6.07) is 14.3. The maximum Gasteiger partial charge on any atom is 0.0576 e. The number of nitrogens with one attached hydrogen (secondary N) is 1. The van der Waals surface area contributed by atoms with Crippen molar-refractivity contribution < 1.29 is 0 Å². The molecule has 0 bridgehead atoms. The number of benzene rings is 2. The van der Waals surface area contributed by atoms with Crippen molar-refractivity contribution in [2.75, 3.05) is 11.1 Å². The van der Waals surface area contributed by atoms with Gasteiger partial charge in [-0.2, -0.15) is 0 Å². The van der Waals surface area contributed by atoms with Crippen molar-refractivity contribution in [1.82, 2.24) is 0 Å². The van der Waals surface area contributed by atoms with Gasteiger partial charge in [-0.3, -0.25) is 0 Å². The molecule has 0 fully saturated rings. The molecule has 88 valence electrons. The molecule has 0 unspecified atom stereocenters. The lowest BCUT2D eigenvalue weighted by molar-refractivity contribution is 1.11. The van der Waals surface area contributed by atoms with Crippen LogP contribution in [0.1, 0.15) is 16.7 Å². The van der Waals surface area contributed by atoms with E-state index in [2.05, 4.69) is 37.4 Å². The third-order valence-corrected chi connectivity index (χ3v) is 2.93. The van der Waals surface area contributed by atoms with Crippen LogP contribution in [0.2, 0.25) is 0 Å². The number of nitrogens with two attached hydrogens (primary N) is 1. The van der Waals surface area contributed by atoms with E-state index in [9.17, 15) is 0 Å². The smallest absolute Gasteiger partial charge is 0.0576 e. The predicted molar refractivity (Wildman–Crippen MR) is 74.1 cm³/mol. The molecule has 0 aliphatic carbocycles. The lowest BCUT2D eigenvalue weighted by Gasteiger charge is -2.11. The highest BCUT2D eigenvalue weighted by Gasteiger charge is 2.00. The number of hydrogen-bond acceptors (Lipinski definition) is 2. The number of anilines is 2. The van der Waals surface area contributed by atoms with Crippen LogP contribution in [0, 0.1) is 13.8 Å². The van der Waals surface area contributed by atoms with Gasteiger partial charge in [-0.25, -0.2) is 0 Å². The molecule has 0 amide bonds. The fraction of sp³-hybridized carbons (Fsp3) is 0.200. The average Bonchev–Trinajstić information content (AvgIpc) is 2.32. The van der Waals surface area contributed by atoms with Gasteiger partial charge < -0.3 is 11.1 Å². The first-order valence-electron chi connectivity index (χ1n) is 5.81. The van der Waals surface area contributed by atoms with Gasteiger partial charge in [0, 0.05) is 6.54 Å². The topological polar surface area (TPSA) is 38.0 Å². The van der Waals surface area contributed by atoms with Crippen LogP contribution in [-0.2, 0) is 6.54 Å². The molecule has 2 nitrogen and oxygen atoms in total. The Bertz CT molecular complexity index is 518. The number of aryl methyl sites for hydroxylation is 2. The lowest BCUT2D eigenvalue weighted by atomic mass is 10.1. The van der Waals surface area contributed by atoms with Crippen molar-refractivity contribution in [3.8, 4) is 0 Å². The summed E-state index contributed by atoms with van der Waals surface area (Å²) in [5, 5.41) is 3.37. The number of nitrogen functional groups attached to an aromatic ring is 1. The van der Waals surface area contributed by atoms with Gasteiger partial charge in [-0.15, -0.1) is 0 Å². The minimum atomic E-state index is 0.790. The van der Waals surface area contributed by atoms with Crippen molar-refractivity contribution >= 4 is 11.4 Å². The van der Waals surface area contributed by atoms with Crippen LogP contribution >= 0.6 is 0 Å². The Hall–Kier alpha value is -1.96. The Kier molecular flexibility index (Phi) is 3.33. The zero-order chi connectivity index (χ0) is 12.3. The van der Waals surface area contributed by atoms with E-state index in [1.54, 1.807) is 0 Å². The fourth-order valence-corrected chi connectivity index (χ4v) is 1.84. The van der Waals surface area contributed by atoms with Crippen LogP contribution in [0.25, 0.3) is 0 Å². The zero-order valence-corrected chi connectivity index (χ0v) is 10.3. The Labute approximate surface area is 102 Å². The summed E-state index contributed by atoms with van der Waals surface area (Å²) in [6.07, 6.45) is 0. The standard InChI is InChI=1S/C15H18N2/c1-11-7-8-12(2)13(9-11)10-17-15-6-4-3-5-14(15)16/h3-9,17H,10,16H2,1-2H3. The van der Waals surface area contributed by atoms with E-state index in [0.29, 0.717) is 0 Å². The largest absolute Gasteiger partial charge is 0.397 e. The SMILES string of the molecule is Cc1ccc(C)c(CNc2ccccc2N)c1. The van der Waals surface area contributed by atoms with Crippen molar-refractivity contribution in [1.29, 1.82) is 0 Å². The Morgan fingerprint density at radius 3 is 2.59 bits per heavy atom. The number of hydrogen-bond donors (Lipinski definition) is 2. The zero-order valence-electron chi connectivity index (χ0n) is 10.3. The summed E-state index contributed by atoms with van der Waals surface area (Å²) in [5.41, 5.74) is 11.6. The molecule has 0 radical (unpaired) electrons. The molecule has 17 heavy (non-hydrogen) atoms. The van der Waals surface area contributed by atoms with E-state index in [1.807, 2.05) is 24.3 Å². The molecule has 0 saturated heterocycles. The van der Waals surface area contributed by atoms with Gasteiger partial charge in [-0.05, 0) is 37.1 Å². The average molecular weight is 226 g/mol. The van der Waals surface area contributed by atoms with E-state index in [1.165, 1.54) is 16.7 Å². The predicted octanol–water partition coefficient (Wildman–Crippen LogP) is 3.50. The maximum absolute atomic E-state index is 5.89. The first-order chi connectivity index (χ1) is 8.16. The molecule has 2 aromatic rings. The molecule has 2 rings (SSSR count). The van der Waals surface area contributed by atoms with Crippen molar-refractivity contribution in [3.05, 3.63) is 59.2 Å². The highest BCUT2D eigenvalue weighted by atomic mass is 14.9. The van der Waals surface area contributed by atoms with Crippen LogP contribution in [0.3, 0.4) is 0 Å². The minimum absolute atomic E-state index is 0.790. The van der Waals surface area contributed by atoms with Gasteiger partial charge >= 0.3 is 0 Å². The van der Waals surface area contributed by atoms with Crippen molar-refractivity contribution in [3.63, 3.8) is 0 Å². The van der Waals surface area contributed by atoms with Crippen LogP contribution in [0.15, 0.2) is 42.5 Å². The van der Waals surface area contributed by atoms with Gasteiger partial charge in [0.25, 0.3) is 0 Å². The summed E-state index contributed by atoms with van der Waals surface area (Å²) in [4.78, 5) is 0. The third-order valence-electron chi connectivity index (χ3n) is 2.93. The monoisotopic (exact) mass is 226 g/mol. The molecular weight excluding hydrogens is 208 g/mol. The van der Waals surface area contributed by atoms with E-state index >= 15 is 0 Å². The summed E-state index contributed by atoms with van der Waals surface area (Å²) in [6.45, 7) is 5.05. The van der Waals surface area contributed by atoms with E-state index in [4.69, 9.17) is 5.73 Å². The van der Waals surface area contributed by atoms with Crippen molar-refractivity contribution in [2.45, 2.75) is 20.4 Å².